The lowest BCUT2D eigenvalue weighted by Gasteiger charge is -2.22. The zero-order chi connectivity index (χ0) is 15.3. The number of fused-ring (bicyclic) bond motifs is 1. The van der Waals surface area contributed by atoms with E-state index in [9.17, 15) is 0 Å². The molecule has 2 nitrogen and oxygen atoms in total. The quantitative estimate of drug-likeness (QED) is 0.888. The molecule has 0 aliphatic heterocycles. The number of rotatable bonds is 4. The van der Waals surface area contributed by atoms with Crippen molar-refractivity contribution >= 4 is 10.8 Å². The summed E-state index contributed by atoms with van der Waals surface area (Å²) < 4.78 is 0. The van der Waals surface area contributed by atoms with Crippen molar-refractivity contribution < 1.29 is 0 Å². The Kier molecular flexibility index (Phi) is 3.32. The minimum Gasteiger partial charge on any atom is -0.310 e. The van der Waals surface area contributed by atoms with E-state index in [1.165, 1.54) is 16.3 Å². The second kappa shape index (κ2) is 4.81. The van der Waals surface area contributed by atoms with Gasteiger partial charge in [0.25, 0.3) is 0 Å². The molecule has 1 N–H and O–H groups in total. The average molecular weight is 282 g/mol. The maximum absolute atomic E-state index is 4.26. The summed E-state index contributed by atoms with van der Waals surface area (Å²) >= 11 is 0. The summed E-state index contributed by atoms with van der Waals surface area (Å²) in [5.74, 6) is 0.656. The van der Waals surface area contributed by atoms with E-state index in [0.717, 1.165) is 6.54 Å². The first-order valence-electron chi connectivity index (χ1n) is 7.97. The molecule has 21 heavy (non-hydrogen) atoms. The predicted octanol–water partition coefficient (Wildman–Crippen LogP) is 4.57. The van der Waals surface area contributed by atoms with Crippen molar-refractivity contribution in [2.24, 2.45) is 16.7 Å². The highest BCUT2D eigenvalue weighted by molar-refractivity contribution is 5.85. The highest BCUT2D eigenvalue weighted by Crippen LogP contribution is 2.72. The van der Waals surface area contributed by atoms with E-state index in [-0.39, 0.29) is 0 Å². The minimum atomic E-state index is 0.370. The van der Waals surface area contributed by atoms with Gasteiger partial charge in [0.05, 0.1) is 0 Å². The molecular weight excluding hydrogens is 256 g/mol. The Balaban J connectivity index is 2.10. The highest BCUT2D eigenvalue weighted by atomic mass is 15.0. The summed E-state index contributed by atoms with van der Waals surface area (Å²) in [4.78, 5) is 4.26. The van der Waals surface area contributed by atoms with Gasteiger partial charge >= 0.3 is 0 Å². The SMILES string of the molecule is CCNC(c1cccc2cnccc12)C1C(C)(C)C1(C)C. The molecule has 0 bridgehead atoms. The summed E-state index contributed by atoms with van der Waals surface area (Å²) in [6.07, 6.45) is 3.86. The standard InChI is InChI=1S/C19H26N2/c1-6-21-16(17-18(2,3)19(17,4)5)15-9-7-8-13-12-20-11-10-14(13)15/h7-12,16-17,21H,6H2,1-5H3. The van der Waals surface area contributed by atoms with E-state index in [1.807, 2.05) is 12.4 Å². The summed E-state index contributed by atoms with van der Waals surface area (Å²) in [6.45, 7) is 12.8. The van der Waals surface area contributed by atoms with Gasteiger partial charge in [-0.25, -0.2) is 0 Å². The lowest BCUT2D eigenvalue weighted by Crippen LogP contribution is -2.25. The molecule has 112 valence electrons. The molecule has 1 aromatic heterocycles. The van der Waals surface area contributed by atoms with Crippen molar-refractivity contribution in [2.45, 2.75) is 40.7 Å². The molecule has 1 atom stereocenters. The van der Waals surface area contributed by atoms with Gasteiger partial charge < -0.3 is 5.32 Å². The second-order valence-corrected chi connectivity index (χ2v) is 7.40. The fourth-order valence-corrected chi connectivity index (χ4v) is 4.13. The second-order valence-electron chi connectivity index (χ2n) is 7.40. The summed E-state index contributed by atoms with van der Waals surface area (Å²) in [7, 11) is 0. The van der Waals surface area contributed by atoms with Crippen LogP contribution in [-0.4, -0.2) is 11.5 Å². The van der Waals surface area contributed by atoms with E-state index in [1.54, 1.807) is 0 Å². The van der Waals surface area contributed by atoms with Crippen LogP contribution in [0.2, 0.25) is 0 Å². The van der Waals surface area contributed by atoms with Crippen molar-refractivity contribution in [3.8, 4) is 0 Å². The molecule has 1 fully saturated rings. The van der Waals surface area contributed by atoms with Crippen LogP contribution in [0.25, 0.3) is 10.8 Å². The van der Waals surface area contributed by atoms with Crippen molar-refractivity contribution in [2.75, 3.05) is 6.54 Å². The molecule has 1 unspecified atom stereocenters. The van der Waals surface area contributed by atoms with E-state index >= 15 is 0 Å². The molecule has 1 aliphatic rings. The highest BCUT2D eigenvalue weighted by Gasteiger charge is 2.67. The van der Waals surface area contributed by atoms with Gasteiger partial charge in [0.1, 0.15) is 0 Å². The Hall–Kier alpha value is -1.41. The van der Waals surface area contributed by atoms with Crippen molar-refractivity contribution in [3.63, 3.8) is 0 Å². The number of hydrogen-bond donors (Lipinski definition) is 1. The summed E-state index contributed by atoms with van der Waals surface area (Å²) in [6, 6.07) is 9.15. The van der Waals surface area contributed by atoms with Gasteiger partial charge in [0.2, 0.25) is 0 Å². The molecule has 3 rings (SSSR count). The molecule has 2 heteroatoms. The monoisotopic (exact) mass is 282 g/mol. The number of nitrogens with zero attached hydrogens (tertiary/aromatic N) is 1. The number of benzene rings is 1. The van der Waals surface area contributed by atoms with Gasteiger partial charge in [0, 0.05) is 23.8 Å². The number of nitrogens with one attached hydrogen (secondary N) is 1. The predicted molar refractivity (Wildman–Crippen MR) is 89.2 cm³/mol. The van der Waals surface area contributed by atoms with Crippen molar-refractivity contribution in [1.82, 2.24) is 10.3 Å². The molecule has 2 aromatic rings. The van der Waals surface area contributed by atoms with Crippen LogP contribution in [0, 0.1) is 16.7 Å². The number of pyridine rings is 1. The van der Waals surface area contributed by atoms with E-state index in [4.69, 9.17) is 0 Å². The van der Waals surface area contributed by atoms with E-state index in [2.05, 4.69) is 69.2 Å². The van der Waals surface area contributed by atoms with Crippen LogP contribution in [0.5, 0.6) is 0 Å². The van der Waals surface area contributed by atoms with Gasteiger partial charge in [-0.15, -0.1) is 0 Å². The fourth-order valence-electron chi connectivity index (χ4n) is 4.13. The van der Waals surface area contributed by atoms with Crippen LogP contribution in [0.15, 0.2) is 36.7 Å². The zero-order valence-electron chi connectivity index (χ0n) is 13.8. The largest absolute Gasteiger partial charge is 0.310 e. The maximum atomic E-state index is 4.26. The number of aromatic nitrogens is 1. The van der Waals surface area contributed by atoms with Crippen LogP contribution < -0.4 is 5.32 Å². The third-order valence-electron chi connectivity index (χ3n) is 5.94. The van der Waals surface area contributed by atoms with Crippen LogP contribution >= 0.6 is 0 Å². The van der Waals surface area contributed by atoms with Crippen LogP contribution in [-0.2, 0) is 0 Å². The molecule has 1 aromatic carbocycles. The molecule has 1 saturated carbocycles. The summed E-state index contributed by atoms with van der Waals surface area (Å²) in [5, 5.41) is 6.31. The van der Waals surface area contributed by atoms with Gasteiger partial charge in [-0.2, -0.15) is 0 Å². The normalized spacial score (nSPS) is 21.4. The van der Waals surface area contributed by atoms with Crippen LogP contribution in [0.1, 0.15) is 46.2 Å². The maximum Gasteiger partial charge on any atom is 0.0365 e. The van der Waals surface area contributed by atoms with Crippen molar-refractivity contribution in [3.05, 3.63) is 42.2 Å². The van der Waals surface area contributed by atoms with E-state index < -0.39 is 0 Å². The van der Waals surface area contributed by atoms with Crippen molar-refractivity contribution in [1.29, 1.82) is 0 Å². The van der Waals surface area contributed by atoms with E-state index in [0.29, 0.717) is 22.8 Å². The zero-order valence-corrected chi connectivity index (χ0v) is 13.8. The van der Waals surface area contributed by atoms with Crippen LogP contribution in [0.4, 0.5) is 0 Å². The molecule has 1 heterocycles. The number of hydrogen-bond acceptors (Lipinski definition) is 2. The first-order chi connectivity index (χ1) is 9.91. The molecule has 1 aliphatic carbocycles. The summed E-state index contributed by atoms with van der Waals surface area (Å²) in [5.41, 5.74) is 2.16. The van der Waals surface area contributed by atoms with Crippen LogP contribution in [0.3, 0.4) is 0 Å². The minimum absolute atomic E-state index is 0.370. The first-order valence-corrected chi connectivity index (χ1v) is 7.97. The average Bonchev–Trinajstić information content (AvgIpc) is 2.86. The molecule has 0 saturated heterocycles. The Morgan fingerprint density at radius 2 is 1.86 bits per heavy atom. The van der Waals surface area contributed by atoms with Gasteiger partial charge in [0.15, 0.2) is 0 Å². The lowest BCUT2D eigenvalue weighted by molar-refractivity contribution is 0.420. The third kappa shape index (κ3) is 2.08. The lowest BCUT2D eigenvalue weighted by atomic mass is 9.92. The molecular formula is C19H26N2. The first kappa shape index (κ1) is 14.5. The Morgan fingerprint density at radius 1 is 1.14 bits per heavy atom. The third-order valence-corrected chi connectivity index (χ3v) is 5.94. The van der Waals surface area contributed by atoms with Gasteiger partial charge in [-0.3, -0.25) is 4.98 Å². The Labute approximate surface area is 128 Å². The van der Waals surface area contributed by atoms with Gasteiger partial charge in [-0.05, 0) is 40.3 Å². The van der Waals surface area contributed by atoms with Gasteiger partial charge in [-0.1, -0.05) is 52.8 Å². The molecule has 0 amide bonds. The Morgan fingerprint density at radius 3 is 2.48 bits per heavy atom. The molecule has 0 radical (unpaired) electrons. The fraction of sp³-hybridized carbons (Fsp3) is 0.526. The molecule has 0 spiro atoms. The topological polar surface area (TPSA) is 24.9 Å². The Bertz CT molecular complexity index is 638. The smallest absolute Gasteiger partial charge is 0.0365 e.